The molecule has 0 spiro atoms. The van der Waals surface area contributed by atoms with Gasteiger partial charge < -0.3 is 15.0 Å². The van der Waals surface area contributed by atoms with Crippen LogP contribution >= 0.6 is 15.9 Å². The summed E-state index contributed by atoms with van der Waals surface area (Å²) < 4.78 is 6.19. The highest BCUT2D eigenvalue weighted by molar-refractivity contribution is 9.10. The van der Waals surface area contributed by atoms with Crippen molar-refractivity contribution < 1.29 is 19.1 Å². The van der Waals surface area contributed by atoms with Crippen LogP contribution in [0.2, 0.25) is 0 Å². The van der Waals surface area contributed by atoms with Crippen molar-refractivity contribution in [2.45, 2.75) is 38.8 Å². The quantitative estimate of drug-likeness (QED) is 0.680. The molecule has 2 rings (SSSR count). The smallest absolute Gasteiger partial charge is 0.325 e. The summed E-state index contributed by atoms with van der Waals surface area (Å²) in [5.74, 6) is 0.00615. The van der Waals surface area contributed by atoms with Crippen molar-refractivity contribution in [2.24, 2.45) is 0 Å². The largest absolute Gasteiger partial charge is 0.496 e. The molecule has 0 aliphatic carbocycles. The second kappa shape index (κ2) is 8.07. The number of nitrogens with zero attached hydrogens (tertiary/aromatic N) is 2. The Kier molecular flexibility index (Phi) is 6.28. The van der Waals surface area contributed by atoms with Crippen LogP contribution in [0.15, 0.2) is 22.7 Å². The van der Waals surface area contributed by atoms with Crippen LogP contribution in [0.3, 0.4) is 0 Å². The number of carbonyl (C=O) groups excluding carboxylic acids is 3. The number of imide groups is 1. The fraction of sp³-hybridized carbons (Fsp3) is 0.500. The SMILES string of the molecule is CCC1(CC)NC(=O)N(CC(=O)N(C)Cc2cc(Br)ccc2OC)C1=O. The highest BCUT2D eigenvalue weighted by atomic mass is 79.9. The van der Waals surface area contributed by atoms with E-state index in [0.717, 1.165) is 14.9 Å². The second-order valence-corrected chi connectivity index (χ2v) is 7.23. The molecule has 4 amide bonds. The van der Waals surface area contributed by atoms with E-state index in [2.05, 4.69) is 21.2 Å². The average Bonchev–Trinajstić information content (AvgIpc) is 2.86. The van der Waals surface area contributed by atoms with E-state index in [1.165, 1.54) is 4.90 Å². The summed E-state index contributed by atoms with van der Waals surface area (Å²) in [7, 11) is 3.20. The van der Waals surface area contributed by atoms with Gasteiger partial charge in [0.25, 0.3) is 5.91 Å². The number of urea groups is 1. The molecule has 0 atom stereocenters. The maximum absolute atomic E-state index is 12.6. The molecule has 0 radical (unpaired) electrons. The second-order valence-electron chi connectivity index (χ2n) is 6.32. The molecule has 1 aliphatic rings. The first-order valence-corrected chi connectivity index (χ1v) is 9.27. The maximum Gasteiger partial charge on any atom is 0.325 e. The van der Waals surface area contributed by atoms with Crippen molar-refractivity contribution >= 4 is 33.8 Å². The first-order chi connectivity index (χ1) is 12.3. The fourth-order valence-electron chi connectivity index (χ4n) is 3.02. The predicted octanol–water partition coefficient (Wildman–Crippen LogP) is 2.53. The molecule has 142 valence electrons. The molecule has 1 fully saturated rings. The van der Waals surface area contributed by atoms with Crippen LogP contribution in [0, 0.1) is 0 Å². The summed E-state index contributed by atoms with van der Waals surface area (Å²) >= 11 is 3.40. The van der Waals surface area contributed by atoms with Gasteiger partial charge in [-0.25, -0.2) is 4.79 Å². The minimum atomic E-state index is -0.899. The Bertz CT molecular complexity index is 718. The Labute approximate surface area is 161 Å². The number of halogens is 1. The number of hydrogen-bond donors (Lipinski definition) is 1. The lowest BCUT2D eigenvalue weighted by Crippen LogP contribution is -2.46. The van der Waals surface area contributed by atoms with Gasteiger partial charge in [-0.1, -0.05) is 29.8 Å². The molecule has 26 heavy (non-hydrogen) atoms. The first kappa shape index (κ1) is 20.2. The lowest BCUT2D eigenvalue weighted by molar-refractivity contribution is -0.138. The molecular formula is C18H24BrN3O4. The van der Waals surface area contributed by atoms with Gasteiger partial charge in [0.1, 0.15) is 17.8 Å². The number of likely N-dealkylation sites (N-methyl/N-ethyl adjacent to an activating group) is 1. The molecule has 8 heteroatoms. The van der Waals surface area contributed by atoms with Crippen molar-refractivity contribution in [1.82, 2.24) is 15.1 Å². The highest BCUT2D eigenvalue weighted by Gasteiger charge is 2.49. The van der Waals surface area contributed by atoms with Gasteiger partial charge in [0.15, 0.2) is 0 Å². The molecule has 7 nitrogen and oxygen atoms in total. The van der Waals surface area contributed by atoms with Crippen molar-refractivity contribution in [1.29, 1.82) is 0 Å². The Hall–Kier alpha value is -2.09. The normalized spacial score (nSPS) is 15.8. The van der Waals surface area contributed by atoms with Crippen LogP contribution < -0.4 is 10.1 Å². The zero-order valence-electron chi connectivity index (χ0n) is 15.5. The molecular weight excluding hydrogens is 402 g/mol. The molecule has 1 heterocycles. The topological polar surface area (TPSA) is 79.0 Å². The molecule has 0 bridgehead atoms. The van der Waals surface area contributed by atoms with Gasteiger partial charge in [-0.2, -0.15) is 0 Å². The number of carbonyl (C=O) groups is 3. The van der Waals surface area contributed by atoms with E-state index in [4.69, 9.17) is 4.74 Å². The standard InChI is InChI=1S/C18H24BrN3O4/c1-5-18(6-2)16(24)22(17(25)20-18)11-15(23)21(3)10-12-9-13(19)7-8-14(12)26-4/h7-9H,5-6,10-11H2,1-4H3,(H,20,25). The minimum Gasteiger partial charge on any atom is -0.496 e. The third-order valence-electron chi connectivity index (χ3n) is 4.82. The zero-order valence-corrected chi connectivity index (χ0v) is 17.1. The number of benzene rings is 1. The third-order valence-corrected chi connectivity index (χ3v) is 5.32. The molecule has 0 saturated carbocycles. The van der Waals surface area contributed by atoms with Gasteiger partial charge in [0.05, 0.1) is 7.11 Å². The number of hydrogen-bond acceptors (Lipinski definition) is 4. The summed E-state index contributed by atoms with van der Waals surface area (Å²) in [5, 5.41) is 2.73. The van der Waals surface area contributed by atoms with Gasteiger partial charge in [-0.15, -0.1) is 0 Å². The van der Waals surface area contributed by atoms with Crippen LogP contribution in [0.4, 0.5) is 4.79 Å². The summed E-state index contributed by atoms with van der Waals surface area (Å²) in [6.07, 6.45) is 0.980. The van der Waals surface area contributed by atoms with Gasteiger partial charge in [0, 0.05) is 23.6 Å². The Morgan fingerprint density at radius 1 is 1.31 bits per heavy atom. The van der Waals surface area contributed by atoms with E-state index in [-0.39, 0.29) is 18.4 Å². The summed E-state index contributed by atoms with van der Waals surface area (Å²) in [6, 6.07) is 5.02. The lowest BCUT2D eigenvalue weighted by Gasteiger charge is -2.24. The summed E-state index contributed by atoms with van der Waals surface area (Å²) in [6.45, 7) is 3.72. The first-order valence-electron chi connectivity index (χ1n) is 8.48. The van der Waals surface area contributed by atoms with Crippen molar-refractivity contribution in [2.75, 3.05) is 20.7 Å². The van der Waals surface area contributed by atoms with E-state index >= 15 is 0 Å². The van der Waals surface area contributed by atoms with E-state index in [0.29, 0.717) is 25.1 Å². The summed E-state index contributed by atoms with van der Waals surface area (Å²) in [5.41, 5.74) is -0.0740. The molecule has 1 aliphatic heterocycles. The average molecular weight is 426 g/mol. The predicted molar refractivity (Wildman–Crippen MR) is 101 cm³/mol. The van der Waals surface area contributed by atoms with Crippen molar-refractivity contribution in [3.63, 3.8) is 0 Å². The molecule has 1 N–H and O–H groups in total. The van der Waals surface area contributed by atoms with Crippen LogP contribution in [0.25, 0.3) is 0 Å². The van der Waals surface area contributed by atoms with Crippen molar-refractivity contribution in [3.8, 4) is 5.75 Å². The molecule has 0 aromatic heterocycles. The van der Waals surface area contributed by atoms with Gasteiger partial charge >= 0.3 is 6.03 Å². The van der Waals surface area contributed by atoms with Gasteiger partial charge in [0.2, 0.25) is 5.91 Å². The number of nitrogens with one attached hydrogen (secondary N) is 1. The lowest BCUT2D eigenvalue weighted by atomic mass is 9.93. The van der Waals surface area contributed by atoms with E-state index in [1.807, 2.05) is 32.0 Å². The van der Waals surface area contributed by atoms with Gasteiger partial charge in [-0.05, 0) is 31.0 Å². The number of ether oxygens (including phenoxy) is 1. The van der Waals surface area contributed by atoms with Crippen LogP contribution in [-0.2, 0) is 16.1 Å². The fourth-order valence-corrected chi connectivity index (χ4v) is 3.43. The van der Waals surface area contributed by atoms with Crippen LogP contribution in [0.1, 0.15) is 32.3 Å². The number of amides is 4. The Balaban J connectivity index is 2.09. The van der Waals surface area contributed by atoms with E-state index < -0.39 is 11.6 Å². The zero-order chi connectivity index (χ0) is 19.5. The highest BCUT2D eigenvalue weighted by Crippen LogP contribution is 2.26. The molecule has 0 unspecified atom stereocenters. The number of methoxy groups -OCH3 is 1. The van der Waals surface area contributed by atoms with E-state index in [1.54, 1.807) is 14.2 Å². The molecule has 1 aromatic carbocycles. The van der Waals surface area contributed by atoms with Crippen LogP contribution in [-0.4, -0.2) is 53.9 Å². The monoisotopic (exact) mass is 425 g/mol. The Morgan fingerprint density at radius 3 is 2.50 bits per heavy atom. The van der Waals surface area contributed by atoms with Gasteiger partial charge in [-0.3, -0.25) is 14.5 Å². The molecule has 1 aromatic rings. The third kappa shape index (κ3) is 3.85. The summed E-state index contributed by atoms with van der Waals surface area (Å²) in [4.78, 5) is 39.8. The van der Waals surface area contributed by atoms with E-state index in [9.17, 15) is 14.4 Å². The molecule has 1 saturated heterocycles. The van der Waals surface area contributed by atoms with Crippen molar-refractivity contribution in [3.05, 3.63) is 28.2 Å². The minimum absolute atomic E-state index is 0.279. The Morgan fingerprint density at radius 2 is 1.96 bits per heavy atom. The van der Waals surface area contributed by atoms with Crippen LogP contribution in [0.5, 0.6) is 5.75 Å². The maximum atomic E-state index is 12.6. The number of rotatable bonds is 7.